The van der Waals surface area contributed by atoms with E-state index in [0.717, 1.165) is 54.0 Å². The monoisotopic (exact) mass is 422 g/mol. The lowest BCUT2D eigenvalue weighted by Crippen LogP contribution is -2.36. The van der Waals surface area contributed by atoms with Gasteiger partial charge in [0, 0.05) is 47.2 Å². The molecule has 1 fully saturated rings. The second kappa shape index (κ2) is 8.62. The lowest BCUT2D eigenvalue weighted by molar-refractivity contribution is 0.0697. The number of aromatic carboxylic acids is 1. The molecule has 4 aromatic rings. The number of benzene rings is 3. The molecule has 1 aromatic heterocycles. The molecular formula is C27H22N2O3. The van der Waals surface area contributed by atoms with Crippen LogP contribution in [-0.4, -0.2) is 42.4 Å². The van der Waals surface area contributed by atoms with Crippen molar-refractivity contribution in [1.29, 1.82) is 0 Å². The molecule has 0 radical (unpaired) electrons. The number of anilines is 1. The molecular weight excluding hydrogens is 400 g/mol. The number of H-pyrrole nitrogens is 1. The number of carboxylic acids is 1. The third kappa shape index (κ3) is 3.96. The Hall–Kier alpha value is -4.01. The van der Waals surface area contributed by atoms with E-state index in [4.69, 9.17) is 4.74 Å². The van der Waals surface area contributed by atoms with Crippen molar-refractivity contribution >= 4 is 22.6 Å². The van der Waals surface area contributed by atoms with Crippen molar-refractivity contribution in [2.45, 2.75) is 0 Å². The number of rotatable bonds is 3. The third-order valence-electron chi connectivity index (χ3n) is 5.72. The van der Waals surface area contributed by atoms with Gasteiger partial charge in [-0.05, 0) is 59.5 Å². The number of fused-ring (bicyclic) bond motifs is 1. The molecule has 1 saturated heterocycles. The van der Waals surface area contributed by atoms with Gasteiger partial charge in [0.15, 0.2) is 0 Å². The van der Waals surface area contributed by atoms with Gasteiger partial charge in [0.25, 0.3) is 0 Å². The van der Waals surface area contributed by atoms with E-state index >= 15 is 0 Å². The first-order chi connectivity index (χ1) is 15.7. The van der Waals surface area contributed by atoms with Crippen LogP contribution in [0.15, 0.2) is 72.9 Å². The molecule has 1 aliphatic heterocycles. The molecule has 0 amide bonds. The van der Waals surface area contributed by atoms with Gasteiger partial charge in [0.2, 0.25) is 0 Å². The van der Waals surface area contributed by atoms with Gasteiger partial charge in [-0.1, -0.05) is 30.0 Å². The first-order valence-electron chi connectivity index (χ1n) is 10.6. The van der Waals surface area contributed by atoms with Gasteiger partial charge < -0.3 is 19.7 Å². The van der Waals surface area contributed by atoms with E-state index in [-0.39, 0.29) is 5.56 Å². The zero-order valence-electron chi connectivity index (χ0n) is 17.5. The Bertz CT molecular complexity index is 1340. The lowest BCUT2D eigenvalue weighted by atomic mass is 9.93. The molecule has 2 heterocycles. The molecule has 5 rings (SSSR count). The van der Waals surface area contributed by atoms with E-state index in [2.05, 4.69) is 33.9 Å². The molecule has 1 aliphatic rings. The van der Waals surface area contributed by atoms with Gasteiger partial charge >= 0.3 is 5.97 Å². The van der Waals surface area contributed by atoms with Crippen molar-refractivity contribution in [3.05, 3.63) is 89.6 Å². The van der Waals surface area contributed by atoms with Crippen molar-refractivity contribution in [2.24, 2.45) is 0 Å². The minimum atomic E-state index is -0.968. The number of carboxylic acid groups (broad SMARTS) is 1. The van der Waals surface area contributed by atoms with Crippen molar-refractivity contribution in [3.63, 3.8) is 0 Å². The van der Waals surface area contributed by atoms with Gasteiger partial charge in [-0.25, -0.2) is 4.79 Å². The number of hydrogen-bond acceptors (Lipinski definition) is 3. The van der Waals surface area contributed by atoms with E-state index in [1.165, 1.54) is 0 Å². The van der Waals surface area contributed by atoms with E-state index < -0.39 is 5.97 Å². The van der Waals surface area contributed by atoms with Crippen LogP contribution in [0.2, 0.25) is 0 Å². The third-order valence-corrected chi connectivity index (χ3v) is 5.72. The second-order valence-corrected chi connectivity index (χ2v) is 7.71. The van der Waals surface area contributed by atoms with Crippen LogP contribution in [0.5, 0.6) is 0 Å². The number of ether oxygens (including phenoxy) is 1. The Kier molecular flexibility index (Phi) is 5.37. The zero-order chi connectivity index (χ0) is 21.9. The van der Waals surface area contributed by atoms with Gasteiger partial charge in [0.05, 0.1) is 18.8 Å². The van der Waals surface area contributed by atoms with Gasteiger partial charge in [-0.2, -0.15) is 0 Å². The van der Waals surface area contributed by atoms with Crippen LogP contribution in [-0.2, 0) is 4.74 Å². The van der Waals surface area contributed by atoms with Crippen LogP contribution in [0.3, 0.4) is 0 Å². The highest BCUT2D eigenvalue weighted by molar-refractivity contribution is 5.99. The van der Waals surface area contributed by atoms with Crippen LogP contribution in [0.25, 0.3) is 22.0 Å². The predicted molar refractivity (Wildman–Crippen MR) is 126 cm³/mol. The summed E-state index contributed by atoms with van der Waals surface area (Å²) in [5.74, 6) is 5.45. The summed E-state index contributed by atoms with van der Waals surface area (Å²) in [6.45, 7) is 3.28. The highest BCUT2D eigenvalue weighted by Crippen LogP contribution is 2.30. The van der Waals surface area contributed by atoms with E-state index in [9.17, 15) is 9.90 Å². The SMILES string of the molecule is O=C(O)c1cccc(C#Cc2ccc(N3CCOCC3)cc2)c1-c1ccc2cc[nH]c2c1. The maximum Gasteiger partial charge on any atom is 0.336 e. The summed E-state index contributed by atoms with van der Waals surface area (Å²) in [7, 11) is 0. The zero-order valence-corrected chi connectivity index (χ0v) is 17.5. The fraction of sp³-hybridized carbons (Fsp3) is 0.148. The maximum atomic E-state index is 12.0. The Morgan fingerprint density at radius 1 is 0.969 bits per heavy atom. The van der Waals surface area contributed by atoms with Crippen LogP contribution < -0.4 is 4.90 Å². The number of carbonyl (C=O) groups is 1. The fourth-order valence-corrected chi connectivity index (χ4v) is 4.07. The van der Waals surface area contributed by atoms with Gasteiger partial charge in [-0.15, -0.1) is 0 Å². The fourth-order valence-electron chi connectivity index (χ4n) is 4.07. The lowest BCUT2D eigenvalue weighted by Gasteiger charge is -2.28. The molecule has 2 N–H and O–H groups in total. The molecule has 0 spiro atoms. The minimum absolute atomic E-state index is 0.241. The molecule has 0 atom stereocenters. The van der Waals surface area contributed by atoms with Gasteiger partial charge in [-0.3, -0.25) is 0 Å². The Labute approximate surface area is 186 Å². The second-order valence-electron chi connectivity index (χ2n) is 7.71. The van der Waals surface area contributed by atoms with Crippen molar-refractivity contribution in [1.82, 2.24) is 4.98 Å². The maximum absolute atomic E-state index is 12.0. The standard InChI is InChI=1S/C27H22N2O3/c30-27(31)24-3-1-2-21(26(24)22-9-8-20-12-13-28-25(20)18-22)7-4-19-5-10-23(11-6-19)29-14-16-32-17-15-29/h1-3,5-6,8-13,18,28H,14-17H2,(H,30,31). The first-order valence-corrected chi connectivity index (χ1v) is 10.6. The average molecular weight is 422 g/mol. The number of aromatic amines is 1. The Balaban J connectivity index is 1.51. The summed E-state index contributed by atoms with van der Waals surface area (Å²) < 4.78 is 5.42. The molecule has 5 nitrogen and oxygen atoms in total. The summed E-state index contributed by atoms with van der Waals surface area (Å²) in [4.78, 5) is 17.4. The van der Waals surface area contributed by atoms with Crippen molar-refractivity contribution in [3.8, 4) is 23.0 Å². The normalized spacial score (nSPS) is 13.6. The average Bonchev–Trinajstić information content (AvgIpc) is 3.31. The molecule has 0 saturated carbocycles. The molecule has 158 valence electrons. The molecule has 0 bridgehead atoms. The summed E-state index contributed by atoms with van der Waals surface area (Å²) in [6.07, 6.45) is 1.87. The summed E-state index contributed by atoms with van der Waals surface area (Å²) in [5.41, 5.74) is 5.39. The van der Waals surface area contributed by atoms with Crippen molar-refractivity contribution in [2.75, 3.05) is 31.2 Å². The Morgan fingerprint density at radius 2 is 1.78 bits per heavy atom. The smallest absolute Gasteiger partial charge is 0.336 e. The molecule has 32 heavy (non-hydrogen) atoms. The first kappa shape index (κ1) is 19.9. The number of hydrogen-bond donors (Lipinski definition) is 2. The van der Waals surface area contributed by atoms with Crippen LogP contribution in [0.1, 0.15) is 21.5 Å². The molecule has 0 unspecified atom stereocenters. The molecule has 0 aliphatic carbocycles. The number of morpholine rings is 1. The molecule has 3 aromatic carbocycles. The highest BCUT2D eigenvalue weighted by Gasteiger charge is 2.16. The van der Waals surface area contributed by atoms with E-state index in [1.807, 2.05) is 48.7 Å². The summed E-state index contributed by atoms with van der Waals surface area (Å²) in [5, 5.41) is 10.9. The number of nitrogens with zero attached hydrogens (tertiary/aromatic N) is 1. The van der Waals surface area contributed by atoms with Crippen molar-refractivity contribution < 1.29 is 14.6 Å². The van der Waals surface area contributed by atoms with E-state index in [0.29, 0.717) is 11.1 Å². The van der Waals surface area contributed by atoms with Gasteiger partial charge in [0.1, 0.15) is 0 Å². The topological polar surface area (TPSA) is 65.6 Å². The van der Waals surface area contributed by atoms with Crippen LogP contribution in [0, 0.1) is 11.8 Å². The van der Waals surface area contributed by atoms with E-state index in [1.54, 1.807) is 12.1 Å². The summed E-state index contributed by atoms with van der Waals surface area (Å²) in [6, 6.07) is 21.3. The predicted octanol–water partition coefficient (Wildman–Crippen LogP) is 4.77. The van der Waals surface area contributed by atoms with Crippen LogP contribution in [0.4, 0.5) is 5.69 Å². The van der Waals surface area contributed by atoms with Crippen LogP contribution >= 0.6 is 0 Å². The highest BCUT2D eigenvalue weighted by atomic mass is 16.5. The quantitative estimate of drug-likeness (QED) is 0.467. The molecule has 5 heteroatoms. The Morgan fingerprint density at radius 3 is 2.56 bits per heavy atom. The minimum Gasteiger partial charge on any atom is -0.478 e. The number of aromatic nitrogens is 1. The summed E-state index contributed by atoms with van der Waals surface area (Å²) >= 11 is 0. The number of nitrogens with one attached hydrogen (secondary N) is 1. The largest absolute Gasteiger partial charge is 0.478 e.